The lowest BCUT2D eigenvalue weighted by Crippen LogP contribution is -2.70. The molecular formula is C71H103F2N3O24S. The van der Waals surface area contributed by atoms with Crippen LogP contribution < -0.4 is 20.7 Å². The monoisotopic (exact) mass is 1450 g/mol. The first-order valence-corrected chi connectivity index (χ1v) is 35.7. The molecule has 4 aliphatic carbocycles. The Kier molecular flexibility index (Phi) is 35.3. The summed E-state index contributed by atoms with van der Waals surface area (Å²) >= 11 is 1.28. The maximum absolute atomic E-state index is 17.8. The van der Waals surface area contributed by atoms with Crippen molar-refractivity contribution >= 4 is 52.7 Å². The van der Waals surface area contributed by atoms with Crippen LogP contribution in [0.2, 0.25) is 0 Å². The van der Waals surface area contributed by atoms with Gasteiger partial charge in [-0.1, -0.05) is 39.0 Å². The van der Waals surface area contributed by atoms with Gasteiger partial charge in [0, 0.05) is 47.5 Å². The third-order valence-electron chi connectivity index (χ3n) is 18.3. The van der Waals surface area contributed by atoms with Crippen molar-refractivity contribution in [1.29, 1.82) is 0 Å². The highest BCUT2D eigenvalue weighted by Gasteiger charge is 2.80. The molecule has 6 N–H and O–H groups in total. The summed E-state index contributed by atoms with van der Waals surface area (Å²) < 4.78 is 119. The van der Waals surface area contributed by atoms with Crippen LogP contribution in [0.5, 0.6) is 11.5 Å². The van der Waals surface area contributed by atoms with E-state index in [4.69, 9.17) is 76.2 Å². The van der Waals surface area contributed by atoms with Crippen molar-refractivity contribution in [1.82, 2.24) is 10.6 Å². The Hall–Kier alpha value is -5.49. The van der Waals surface area contributed by atoms with Gasteiger partial charge in [-0.25, -0.2) is 8.78 Å². The van der Waals surface area contributed by atoms with Gasteiger partial charge in [-0.15, -0.1) is 11.8 Å². The lowest BCUT2D eigenvalue weighted by molar-refractivity contribution is -0.235. The number of ketones is 2. The van der Waals surface area contributed by atoms with Crippen LogP contribution in [0.1, 0.15) is 78.1 Å². The Balaban J connectivity index is 0.587. The number of alkyl halides is 2. The molecule has 2 aromatic carbocycles. The van der Waals surface area contributed by atoms with Crippen molar-refractivity contribution in [2.45, 2.75) is 113 Å². The second-order valence-electron chi connectivity index (χ2n) is 25.5. The van der Waals surface area contributed by atoms with Crippen LogP contribution in [-0.4, -0.2) is 269 Å². The predicted octanol–water partition coefficient (Wildman–Crippen LogP) is 5.26. The molecule has 0 bridgehead atoms. The number of rotatable bonds is 53. The number of carboxylic acid groups (broad SMARTS) is 1. The molecule has 5 aliphatic rings. The number of Topliss-reactive ketones (excluding diaryl/α,β-unsaturated/α-hetero) is 1. The summed E-state index contributed by atoms with van der Waals surface area (Å²) in [5.41, 5.74) is -5.84. The molecule has 2 aromatic rings. The van der Waals surface area contributed by atoms with E-state index in [0.29, 0.717) is 181 Å². The lowest BCUT2D eigenvalue weighted by atomic mass is 9.44. The average molecular weight is 1450 g/mol. The van der Waals surface area contributed by atoms with Gasteiger partial charge in [-0.05, 0) is 91.5 Å². The molecule has 101 heavy (non-hydrogen) atoms. The summed E-state index contributed by atoms with van der Waals surface area (Å²) in [5.74, 6) is -3.78. The van der Waals surface area contributed by atoms with E-state index in [0.717, 1.165) is 6.08 Å². The number of carbonyl (C=O) groups excluding carboxylic acids is 5. The number of nitrogens with one attached hydrogen (secondary N) is 3. The fraction of sp³-hybridized carbons (Fsp3) is 0.690. The minimum atomic E-state index is -2.35. The van der Waals surface area contributed by atoms with Gasteiger partial charge < -0.3 is 102 Å². The van der Waals surface area contributed by atoms with Crippen molar-refractivity contribution in [3.8, 4) is 11.5 Å². The van der Waals surface area contributed by atoms with Crippen molar-refractivity contribution in [2.24, 2.45) is 22.7 Å². The lowest BCUT2D eigenvalue weighted by Gasteiger charge is -2.63. The Bertz CT molecular complexity index is 2940. The molecule has 1 heterocycles. The summed E-state index contributed by atoms with van der Waals surface area (Å²) in [6.07, 6.45) is -2.05. The molecule has 11 atom stereocenters. The molecule has 4 fully saturated rings. The second-order valence-corrected chi connectivity index (χ2v) is 27.3. The van der Waals surface area contributed by atoms with Gasteiger partial charge in [0.25, 0.3) is 0 Å². The molecule has 3 amide bonds. The Morgan fingerprint density at radius 1 is 0.624 bits per heavy atom. The van der Waals surface area contributed by atoms with E-state index < -0.39 is 93.9 Å². The molecule has 7 rings (SSSR count). The first-order chi connectivity index (χ1) is 48.7. The fourth-order valence-corrected chi connectivity index (χ4v) is 14.6. The van der Waals surface area contributed by atoms with Gasteiger partial charge in [0.05, 0.1) is 189 Å². The summed E-state index contributed by atoms with van der Waals surface area (Å²) in [6, 6.07) is 13.7. The zero-order chi connectivity index (χ0) is 72.5. The number of fused-ring (bicyclic) bond motifs is 7. The zero-order valence-electron chi connectivity index (χ0n) is 58.4. The topological polar surface area (TPSA) is 338 Å². The summed E-state index contributed by atoms with van der Waals surface area (Å²) in [5, 5.41) is 38.8. The molecule has 3 saturated carbocycles. The van der Waals surface area contributed by atoms with Crippen molar-refractivity contribution in [2.75, 3.05) is 184 Å². The number of hydrogen-bond donors (Lipinski definition) is 6. The Morgan fingerprint density at radius 2 is 1.10 bits per heavy atom. The third kappa shape index (κ3) is 24.3. The van der Waals surface area contributed by atoms with Gasteiger partial charge in [-0.3, -0.25) is 28.8 Å². The van der Waals surface area contributed by atoms with Crippen LogP contribution >= 0.6 is 11.8 Å². The number of carboxylic acids is 1. The molecule has 2 unspecified atom stereocenters. The molecule has 30 heteroatoms. The van der Waals surface area contributed by atoms with Crippen molar-refractivity contribution in [3.05, 3.63) is 77.9 Å². The molecule has 27 nitrogen and oxygen atoms in total. The van der Waals surface area contributed by atoms with E-state index >= 15 is 8.78 Å². The number of thioether (sulfide) groups is 1. The van der Waals surface area contributed by atoms with E-state index in [1.807, 2.05) is 13.8 Å². The van der Waals surface area contributed by atoms with E-state index in [9.17, 15) is 39.0 Å². The first-order valence-electron chi connectivity index (χ1n) is 34.7. The number of anilines is 1. The highest BCUT2D eigenvalue weighted by atomic mass is 32.2. The Labute approximate surface area is 593 Å². The fourth-order valence-electron chi connectivity index (χ4n) is 13.5. The molecule has 1 saturated heterocycles. The number of aliphatic carboxylic acids is 1. The number of benzene rings is 2. The molecule has 1 aliphatic heterocycles. The SMILES string of the molecule is CC(C)SC(CC(=O)O)C(=O)NCCC(=O)NCCOCCOCCOCCOCCOCCOCCOCCOCCOCCOCCOCCOCCC(=O)Nc1ccc(Oc2ccc([C@@H]3O[C@@H]4CC5[C@@H]6C[C@H](F)C7=CC(=O)C=C[C@]7(C)[C@@]6(F)[C@@H](O)C[C@]5(C)[C@]4(C(=O)CO)O3)cc2)cc1. The second kappa shape index (κ2) is 43.1. The van der Waals surface area contributed by atoms with E-state index in [1.54, 1.807) is 55.5 Å². The van der Waals surface area contributed by atoms with Crippen LogP contribution in [0.3, 0.4) is 0 Å². The third-order valence-corrected chi connectivity index (χ3v) is 19.6. The van der Waals surface area contributed by atoms with E-state index in [1.165, 1.54) is 30.8 Å². The first kappa shape index (κ1) is 82.8. The number of amides is 3. The van der Waals surface area contributed by atoms with Crippen LogP contribution in [0.25, 0.3) is 0 Å². The number of allylic oxidation sites excluding steroid dienone is 4. The maximum Gasteiger partial charge on any atom is 0.305 e. The number of aliphatic hydroxyl groups is 2. The molecule has 566 valence electrons. The molecule has 0 radical (unpaired) electrons. The smallest absolute Gasteiger partial charge is 0.305 e. The average Bonchev–Trinajstić information content (AvgIpc) is 1.56. The minimum Gasteiger partial charge on any atom is -0.481 e. The largest absolute Gasteiger partial charge is 0.481 e. The highest BCUT2D eigenvalue weighted by Crippen LogP contribution is 2.72. The molecule has 0 spiro atoms. The van der Waals surface area contributed by atoms with Crippen molar-refractivity contribution < 1.29 is 124 Å². The number of hydrogen-bond acceptors (Lipinski definition) is 24. The molecular weight excluding hydrogens is 1350 g/mol. The standard InChI is InChI=1S/C71H103F2N3O24S/c1-49(2)101-59(46-65(83)84)66(85)75-17-14-63(81)74-18-20-87-22-24-89-26-28-91-30-32-93-34-36-95-38-40-97-42-41-96-39-37-94-35-33-92-31-29-90-27-25-88-23-21-86-19-15-64(82)76-51-7-11-54(12-8-51)98-53-9-5-50(6-10-53)67-99-62-45-55-56-44-58(72)57-43-52(78)13-16-68(57,3)70(56,73)60(79)47-69(55,4)71(62,100-67)61(80)48-77/h5-13,16,43,49,55-56,58-60,62,67,77,79H,14-15,17-42,44-48H2,1-4H3,(H,74,81)(H,75,85)(H,76,82)(H,83,84)/t55?,56-,58-,59?,60-,62+,67+,68-,69-,70-,71+/m0/s1. The maximum atomic E-state index is 17.8. The van der Waals surface area contributed by atoms with E-state index in [-0.39, 0.29) is 74.3 Å². The van der Waals surface area contributed by atoms with Crippen LogP contribution in [-0.2, 0) is 95.1 Å². The summed E-state index contributed by atoms with van der Waals surface area (Å²) in [7, 11) is 0. The van der Waals surface area contributed by atoms with Crippen LogP contribution in [0, 0.1) is 22.7 Å². The predicted molar refractivity (Wildman–Crippen MR) is 363 cm³/mol. The quantitative estimate of drug-likeness (QED) is 0.0460. The van der Waals surface area contributed by atoms with Crippen molar-refractivity contribution in [3.63, 3.8) is 0 Å². The minimum absolute atomic E-state index is 0.00258. The van der Waals surface area contributed by atoms with Crippen LogP contribution in [0.15, 0.2) is 72.3 Å². The van der Waals surface area contributed by atoms with Gasteiger partial charge in [-0.2, -0.15) is 0 Å². The number of ether oxygens (including phenoxy) is 15. The Morgan fingerprint density at radius 3 is 1.57 bits per heavy atom. The number of halogens is 2. The van der Waals surface area contributed by atoms with Gasteiger partial charge in [0.15, 0.2) is 29.1 Å². The van der Waals surface area contributed by atoms with Gasteiger partial charge in [0.1, 0.15) is 24.3 Å². The molecule has 0 aromatic heterocycles. The van der Waals surface area contributed by atoms with E-state index in [2.05, 4.69) is 16.0 Å². The summed E-state index contributed by atoms with van der Waals surface area (Å²) in [4.78, 5) is 74.2. The number of carbonyl (C=O) groups is 6. The summed E-state index contributed by atoms with van der Waals surface area (Å²) in [6.45, 7) is 16.1. The van der Waals surface area contributed by atoms with Crippen LogP contribution in [0.4, 0.5) is 14.5 Å². The zero-order valence-corrected chi connectivity index (χ0v) is 59.2. The van der Waals surface area contributed by atoms with Gasteiger partial charge >= 0.3 is 5.97 Å². The number of aliphatic hydroxyl groups excluding tert-OH is 2. The normalized spacial score (nSPS) is 25.2. The highest BCUT2D eigenvalue weighted by molar-refractivity contribution is 8.01. The van der Waals surface area contributed by atoms with Gasteiger partial charge in [0.2, 0.25) is 17.7 Å².